The fourth-order valence-corrected chi connectivity index (χ4v) is 2.45. The number of hydrogen-bond acceptors (Lipinski definition) is 1. The van der Waals surface area contributed by atoms with Crippen molar-refractivity contribution in [1.82, 2.24) is 5.32 Å². The normalized spacial score (nSPS) is 12.9. The summed E-state index contributed by atoms with van der Waals surface area (Å²) in [7, 11) is 0. The highest BCUT2D eigenvalue weighted by Crippen LogP contribution is 2.12. The second kappa shape index (κ2) is 14.0. The highest BCUT2D eigenvalue weighted by atomic mass is 14.9. The summed E-state index contributed by atoms with van der Waals surface area (Å²) in [6.07, 6.45) is 15.5. The largest absolute Gasteiger partial charge is 0.314 e. The molecule has 1 atom stereocenters. The fraction of sp³-hybridized carbons (Fsp3) is 1.00. The smallest absolute Gasteiger partial charge is 0.00669 e. The van der Waals surface area contributed by atoms with Gasteiger partial charge in [-0.2, -0.15) is 0 Å². The molecule has 0 heterocycles. The van der Waals surface area contributed by atoms with Crippen molar-refractivity contribution in [2.24, 2.45) is 0 Å². The first-order chi connectivity index (χ1) is 8.35. The predicted molar refractivity (Wildman–Crippen MR) is 79.6 cm³/mol. The summed E-state index contributed by atoms with van der Waals surface area (Å²) in [5, 5.41) is 3.65. The third kappa shape index (κ3) is 12.2. The van der Waals surface area contributed by atoms with Crippen molar-refractivity contribution in [3.8, 4) is 0 Å². The lowest BCUT2D eigenvalue weighted by molar-refractivity contribution is 0.422. The maximum absolute atomic E-state index is 3.65. The van der Waals surface area contributed by atoms with Crippen molar-refractivity contribution in [3.05, 3.63) is 0 Å². The molecule has 1 unspecified atom stereocenters. The summed E-state index contributed by atoms with van der Waals surface area (Å²) in [6.45, 7) is 7.94. The molecule has 0 aromatic rings. The Kier molecular flexibility index (Phi) is 14.0. The molecular weight excluding hydrogens is 206 g/mol. The van der Waals surface area contributed by atoms with Gasteiger partial charge in [0.2, 0.25) is 0 Å². The van der Waals surface area contributed by atoms with Crippen LogP contribution in [0.5, 0.6) is 0 Å². The van der Waals surface area contributed by atoms with Crippen molar-refractivity contribution >= 4 is 0 Å². The minimum absolute atomic E-state index is 0.790. The summed E-state index contributed by atoms with van der Waals surface area (Å²) in [5.41, 5.74) is 0. The number of hydrogen-bond donors (Lipinski definition) is 1. The molecule has 0 radical (unpaired) electrons. The van der Waals surface area contributed by atoms with Gasteiger partial charge in [0.25, 0.3) is 0 Å². The van der Waals surface area contributed by atoms with Crippen molar-refractivity contribution in [2.45, 2.75) is 97.4 Å². The topological polar surface area (TPSA) is 12.0 Å². The molecule has 0 aromatic heterocycles. The summed E-state index contributed by atoms with van der Waals surface area (Å²) in [6, 6.07) is 0.790. The van der Waals surface area contributed by atoms with Crippen molar-refractivity contribution < 1.29 is 0 Å². The first kappa shape index (κ1) is 17.0. The van der Waals surface area contributed by atoms with Crippen LogP contribution < -0.4 is 5.32 Å². The van der Waals surface area contributed by atoms with E-state index in [9.17, 15) is 0 Å². The average Bonchev–Trinajstić information content (AvgIpc) is 2.34. The van der Waals surface area contributed by atoms with Gasteiger partial charge >= 0.3 is 0 Å². The summed E-state index contributed by atoms with van der Waals surface area (Å²) < 4.78 is 0. The van der Waals surface area contributed by atoms with E-state index in [4.69, 9.17) is 0 Å². The van der Waals surface area contributed by atoms with E-state index in [2.05, 4.69) is 26.1 Å². The minimum Gasteiger partial charge on any atom is -0.314 e. The molecular formula is C16H35N. The van der Waals surface area contributed by atoms with Crippen LogP contribution >= 0.6 is 0 Å². The van der Waals surface area contributed by atoms with E-state index in [0.29, 0.717) is 0 Å². The Morgan fingerprint density at radius 3 is 1.59 bits per heavy atom. The monoisotopic (exact) mass is 241 g/mol. The van der Waals surface area contributed by atoms with Crippen molar-refractivity contribution in [1.29, 1.82) is 0 Å². The third-order valence-electron chi connectivity index (χ3n) is 3.56. The minimum atomic E-state index is 0.790. The summed E-state index contributed by atoms with van der Waals surface area (Å²) >= 11 is 0. The molecule has 1 nitrogen and oxygen atoms in total. The summed E-state index contributed by atoms with van der Waals surface area (Å²) in [5.74, 6) is 0. The Morgan fingerprint density at radius 2 is 1.12 bits per heavy atom. The second-order valence-corrected chi connectivity index (χ2v) is 5.31. The molecule has 0 aliphatic rings. The van der Waals surface area contributed by atoms with Crippen LogP contribution in [0, 0.1) is 0 Å². The molecule has 1 N–H and O–H groups in total. The standard InChI is InChI=1S/C16H35N/c1-4-7-9-11-13-15-16(17-6-3)14-12-10-8-5-2/h16-17H,4-15H2,1-3H3. The molecule has 0 amide bonds. The zero-order valence-corrected chi connectivity index (χ0v) is 12.6. The Morgan fingerprint density at radius 1 is 0.647 bits per heavy atom. The Labute approximate surface area is 110 Å². The van der Waals surface area contributed by atoms with E-state index >= 15 is 0 Å². The van der Waals surface area contributed by atoms with Gasteiger partial charge in [-0.25, -0.2) is 0 Å². The van der Waals surface area contributed by atoms with Crippen LogP contribution in [-0.4, -0.2) is 12.6 Å². The molecule has 1 heteroatoms. The zero-order valence-electron chi connectivity index (χ0n) is 12.6. The van der Waals surface area contributed by atoms with Crippen molar-refractivity contribution in [2.75, 3.05) is 6.54 Å². The highest BCUT2D eigenvalue weighted by Gasteiger charge is 2.06. The maximum Gasteiger partial charge on any atom is 0.00669 e. The van der Waals surface area contributed by atoms with Gasteiger partial charge in [-0.1, -0.05) is 78.6 Å². The average molecular weight is 241 g/mol. The predicted octanol–water partition coefficient (Wildman–Crippen LogP) is 5.30. The van der Waals surface area contributed by atoms with Gasteiger partial charge in [-0.05, 0) is 19.4 Å². The lowest BCUT2D eigenvalue weighted by atomic mass is 10.0. The molecule has 0 saturated heterocycles. The maximum atomic E-state index is 3.65. The number of unbranched alkanes of at least 4 members (excludes halogenated alkanes) is 7. The molecule has 0 aliphatic carbocycles. The summed E-state index contributed by atoms with van der Waals surface area (Å²) in [4.78, 5) is 0. The van der Waals surface area contributed by atoms with Crippen LogP contribution in [0.3, 0.4) is 0 Å². The lowest BCUT2D eigenvalue weighted by Crippen LogP contribution is -2.28. The van der Waals surface area contributed by atoms with E-state index in [-0.39, 0.29) is 0 Å². The quantitative estimate of drug-likeness (QED) is 0.432. The molecule has 0 aliphatic heterocycles. The van der Waals surface area contributed by atoms with E-state index in [1.807, 2.05) is 0 Å². The molecule has 0 rings (SSSR count). The van der Waals surface area contributed by atoms with Gasteiger partial charge in [0.1, 0.15) is 0 Å². The van der Waals surface area contributed by atoms with E-state index in [1.165, 1.54) is 70.6 Å². The van der Waals surface area contributed by atoms with Gasteiger partial charge < -0.3 is 5.32 Å². The molecule has 0 fully saturated rings. The van der Waals surface area contributed by atoms with E-state index in [1.54, 1.807) is 0 Å². The molecule has 0 aromatic carbocycles. The highest BCUT2D eigenvalue weighted by molar-refractivity contribution is 4.66. The first-order valence-corrected chi connectivity index (χ1v) is 8.08. The molecule has 0 bridgehead atoms. The Balaban J connectivity index is 3.45. The number of rotatable bonds is 13. The van der Waals surface area contributed by atoms with Crippen LogP contribution in [-0.2, 0) is 0 Å². The van der Waals surface area contributed by atoms with Gasteiger partial charge in [0.15, 0.2) is 0 Å². The molecule has 17 heavy (non-hydrogen) atoms. The second-order valence-electron chi connectivity index (χ2n) is 5.31. The van der Waals surface area contributed by atoms with Crippen LogP contribution in [0.1, 0.15) is 91.4 Å². The molecule has 104 valence electrons. The van der Waals surface area contributed by atoms with Crippen LogP contribution in [0.15, 0.2) is 0 Å². The number of nitrogens with one attached hydrogen (secondary N) is 1. The lowest BCUT2D eigenvalue weighted by Gasteiger charge is -2.17. The zero-order chi connectivity index (χ0) is 12.8. The van der Waals surface area contributed by atoms with Gasteiger partial charge in [-0.3, -0.25) is 0 Å². The van der Waals surface area contributed by atoms with Crippen LogP contribution in [0.4, 0.5) is 0 Å². The Hall–Kier alpha value is -0.0400. The van der Waals surface area contributed by atoms with Crippen LogP contribution in [0.25, 0.3) is 0 Å². The first-order valence-electron chi connectivity index (χ1n) is 8.08. The van der Waals surface area contributed by atoms with Gasteiger partial charge in [0.05, 0.1) is 0 Å². The third-order valence-corrected chi connectivity index (χ3v) is 3.56. The van der Waals surface area contributed by atoms with Crippen molar-refractivity contribution in [3.63, 3.8) is 0 Å². The Bertz CT molecular complexity index is 133. The van der Waals surface area contributed by atoms with Crippen LogP contribution in [0.2, 0.25) is 0 Å². The fourth-order valence-electron chi connectivity index (χ4n) is 2.45. The SMILES string of the molecule is CCCCCCCC(CCCCCC)NCC. The molecule has 0 spiro atoms. The van der Waals surface area contributed by atoms with Gasteiger partial charge in [-0.15, -0.1) is 0 Å². The van der Waals surface area contributed by atoms with Gasteiger partial charge in [0, 0.05) is 6.04 Å². The van der Waals surface area contributed by atoms with E-state index in [0.717, 1.165) is 12.6 Å². The molecule has 0 saturated carbocycles. The van der Waals surface area contributed by atoms with E-state index < -0.39 is 0 Å².